The molecule has 0 aliphatic heterocycles. The summed E-state index contributed by atoms with van der Waals surface area (Å²) in [5, 5.41) is 13.2. The van der Waals surface area contributed by atoms with Gasteiger partial charge in [0.2, 0.25) is 15.9 Å². The minimum atomic E-state index is -3.85. The highest BCUT2D eigenvalue weighted by molar-refractivity contribution is 7.92. The largest absolute Gasteiger partial charge is 0.324 e. The van der Waals surface area contributed by atoms with Gasteiger partial charge in [-0.05, 0) is 37.3 Å². The van der Waals surface area contributed by atoms with E-state index in [1.165, 1.54) is 37.3 Å². The average Bonchev–Trinajstić information content (AvgIpc) is 2.55. The topological polar surface area (TPSA) is 110 Å². The number of nitro benzene ring substituents is 1. The molecule has 1 amide bonds. The van der Waals surface area contributed by atoms with Crippen molar-refractivity contribution in [3.8, 4) is 0 Å². The number of benzene rings is 2. The van der Waals surface area contributed by atoms with Crippen LogP contribution in [0, 0.1) is 15.9 Å². The van der Waals surface area contributed by atoms with Gasteiger partial charge in [-0.15, -0.1) is 0 Å². The molecule has 0 radical (unpaired) electrons. The molecule has 0 aliphatic carbocycles. The Morgan fingerprint density at radius 3 is 2.38 bits per heavy atom. The zero-order valence-corrected chi connectivity index (χ0v) is 14.7. The Bertz CT molecular complexity index is 931. The van der Waals surface area contributed by atoms with Gasteiger partial charge in [-0.25, -0.2) is 12.8 Å². The molecule has 0 bridgehead atoms. The number of sulfonamides is 1. The fourth-order valence-electron chi connectivity index (χ4n) is 2.34. The average molecular weight is 381 g/mol. The summed E-state index contributed by atoms with van der Waals surface area (Å²) in [5.41, 5.74) is 0.0631. The van der Waals surface area contributed by atoms with Crippen molar-refractivity contribution in [1.82, 2.24) is 0 Å². The molecule has 0 saturated carbocycles. The van der Waals surface area contributed by atoms with Crippen LogP contribution >= 0.6 is 0 Å². The second-order valence-corrected chi connectivity index (χ2v) is 7.37. The molecule has 0 aromatic heterocycles. The maximum absolute atomic E-state index is 13.1. The van der Waals surface area contributed by atoms with Crippen LogP contribution in [0.3, 0.4) is 0 Å². The number of nitrogens with zero attached hydrogens (tertiary/aromatic N) is 2. The minimum absolute atomic E-state index is 0.121. The maximum Gasteiger partial charge on any atom is 0.271 e. The molecular formula is C16H16FN3O5S. The Morgan fingerprint density at radius 1 is 1.23 bits per heavy atom. The molecule has 1 unspecified atom stereocenters. The van der Waals surface area contributed by atoms with Crippen LogP contribution in [0.15, 0.2) is 48.5 Å². The second kappa shape index (κ2) is 7.48. The predicted molar refractivity (Wildman–Crippen MR) is 94.9 cm³/mol. The molecule has 0 spiro atoms. The number of amides is 1. The summed E-state index contributed by atoms with van der Waals surface area (Å²) in [6.45, 7) is 1.36. The molecule has 2 aromatic rings. The molecule has 26 heavy (non-hydrogen) atoms. The Morgan fingerprint density at radius 2 is 1.85 bits per heavy atom. The molecule has 0 saturated heterocycles. The highest BCUT2D eigenvalue weighted by Crippen LogP contribution is 2.23. The van der Waals surface area contributed by atoms with E-state index in [0.29, 0.717) is 0 Å². The molecule has 0 fully saturated rings. The molecule has 1 N–H and O–H groups in total. The molecule has 2 rings (SSSR count). The Hall–Kier alpha value is -3.01. The number of rotatable bonds is 6. The van der Waals surface area contributed by atoms with E-state index in [9.17, 15) is 27.7 Å². The van der Waals surface area contributed by atoms with Crippen LogP contribution in [0.1, 0.15) is 6.92 Å². The lowest BCUT2D eigenvalue weighted by Crippen LogP contribution is -2.45. The van der Waals surface area contributed by atoms with Gasteiger partial charge in [0, 0.05) is 17.8 Å². The van der Waals surface area contributed by atoms with Crippen molar-refractivity contribution in [2.24, 2.45) is 0 Å². The summed E-state index contributed by atoms with van der Waals surface area (Å²) in [6.07, 6.45) is 0.924. The van der Waals surface area contributed by atoms with Crippen LogP contribution in [0.4, 0.5) is 21.5 Å². The monoisotopic (exact) mass is 381 g/mol. The van der Waals surface area contributed by atoms with Crippen molar-refractivity contribution in [2.75, 3.05) is 15.9 Å². The Labute approximate surface area is 149 Å². The van der Waals surface area contributed by atoms with E-state index in [1.807, 2.05) is 0 Å². The first-order valence-electron chi connectivity index (χ1n) is 7.40. The zero-order valence-electron chi connectivity index (χ0n) is 13.9. The van der Waals surface area contributed by atoms with E-state index >= 15 is 0 Å². The van der Waals surface area contributed by atoms with Gasteiger partial charge in [-0.2, -0.15) is 0 Å². The fraction of sp³-hybridized carbons (Fsp3) is 0.188. The van der Waals surface area contributed by atoms with Gasteiger partial charge in [-0.1, -0.05) is 6.07 Å². The van der Waals surface area contributed by atoms with Gasteiger partial charge in [0.15, 0.2) is 0 Å². The van der Waals surface area contributed by atoms with Gasteiger partial charge in [0.1, 0.15) is 11.9 Å². The van der Waals surface area contributed by atoms with Crippen LogP contribution in [0.5, 0.6) is 0 Å². The number of nitrogens with one attached hydrogen (secondary N) is 1. The van der Waals surface area contributed by atoms with Crippen molar-refractivity contribution < 1.29 is 22.5 Å². The number of hydrogen-bond acceptors (Lipinski definition) is 5. The van der Waals surface area contributed by atoms with Crippen molar-refractivity contribution >= 4 is 33.0 Å². The van der Waals surface area contributed by atoms with Crippen LogP contribution in [0.25, 0.3) is 0 Å². The van der Waals surface area contributed by atoms with Gasteiger partial charge in [0.05, 0.1) is 16.9 Å². The number of carbonyl (C=O) groups is 1. The van der Waals surface area contributed by atoms with Crippen molar-refractivity contribution in [1.29, 1.82) is 0 Å². The lowest BCUT2D eigenvalue weighted by Gasteiger charge is -2.28. The molecule has 1 atom stereocenters. The first-order chi connectivity index (χ1) is 12.1. The molecule has 0 heterocycles. The summed E-state index contributed by atoms with van der Waals surface area (Å²) in [7, 11) is -3.85. The normalized spacial score (nSPS) is 12.3. The van der Waals surface area contributed by atoms with Crippen LogP contribution < -0.4 is 9.62 Å². The Balaban J connectivity index is 2.29. The molecular weight excluding hydrogens is 365 g/mol. The molecule has 138 valence electrons. The molecule has 8 nitrogen and oxygen atoms in total. The SMILES string of the molecule is CC(C(=O)Nc1cccc([N+](=O)[O-])c1)N(c1ccc(F)cc1)S(C)(=O)=O. The molecule has 2 aromatic carbocycles. The third-order valence-corrected chi connectivity index (χ3v) is 4.74. The highest BCUT2D eigenvalue weighted by atomic mass is 32.2. The highest BCUT2D eigenvalue weighted by Gasteiger charge is 2.29. The summed E-state index contributed by atoms with van der Waals surface area (Å²) < 4.78 is 38.2. The van der Waals surface area contributed by atoms with Crippen LogP contribution in [-0.2, 0) is 14.8 Å². The van der Waals surface area contributed by atoms with Gasteiger partial charge in [0.25, 0.3) is 5.69 Å². The molecule has 10 heteroatoms. The van der Waals surface area contributed by atoms with E-state index in [-0.39, 0.29) is 17.1 Å². The van der Waals surface area contributed by atoms with Crippen LogP contribution in [-0.4, -0.2) is 31.5 Å². The minimum Gasteiger partial charge on any atom is -0.324 e. The van der Waals surface area contributed by atoms with E-state index in [1.54, 1.807) is 0 Å². The molecule has 0 aliphatic rings. The standard InChI is InChI=1S/C16H16FN3O5S/c1-11(16(21)18-13-4-3-5-15(10-13)20(22)23)19(26(2,24)25)14-8-6-12(17)7-9-14/h3-11H,1-2H3,(H,18,21). The van der Waals surface area contributed by atoms with E-state index in [4.69, 9.17) is 0 Å². The quantitative estimate of drug-likeness (QED) is 0.611. The number of anilines is 2. The first kappa shape index (κ1) is 19.3. The number of non-ortho nitro benzene ring substituents is 1. The number of nitro groups is 1. The van der Waals surface area contributed by atoms with Crippen LogP contribution in [0.2, 0.25) is 0 Å². The van der Waals surface area contributed by atoms with Crippen molar-refractivity contribution in [2.45, 2.75) is 13.0 Å². The summed E-state index contributed by atoms with van der Waals surface area (Å²) in [5.74, 6) is -1.24. The lowest BCUT2D eigenvalue weighted by molar-refractivity contribution is -0.384. The summed E-state index contributed by atoms with van der Waals surface area (Å²) in [4.78, 5) is 22.6. The van der Waals surface area contributed by atoms with Gasteiger partial charge >= 0.3 is 0 Å². The van der Waals surface area contributed by atoms with Gasteiger partial charge < -0.3 is 5.32 Å². The smallest absolute Gasteiger partial charge is 0.271 e. The fourth-order valence-corrected chi connectivity index (χ4v) is 3.52. The van der Waals surface area contributed by atoms with Crippen molar-refractivity contribution in [3.05, 3.63) is 64.5 Å². The number of carbonyl (C=O) groups excluding carboxylic acids is 1. The first-order valence-corrected chi connectivity index (χ1v) is 9.24. The summed E-state index contributed by atoms with van der Waals surface area (Å²) in [6, 6.07) is 8.74. The Kier molecular flexibility index (Phi) is 5.56. The summed E-state index contributed by atoms with van der Waals surface area (Å²) >= 11 is 0. The van der Waals surface area contributed by atoms with E-state index < -0.39 is 32.7 Å². The maximum atomic E-state index is 13.1. The third kappa shape index (κ3) is 4.54. The van der Waals surface area contributed by atoms with E-state index in [2.05, 4.69) is 5.32 Å². The predicted octanol–water partition coefficient (Wildman–Crippen LogP) is 2.53. The van der Waals surface area contributed by atoms with Crippen molar-refractivity contribution in [3.63, 3.8) is 0 Å². The third-order valence-electron chi connectivity index (χ3n) is 3.49. The lowest BCUT2D eigenvalue weighted by atomic mass is 10.2. The number of halogens is 1. The van der Waals surface area contributed by atoms with E-state index in [0.717, 1.165) is 28.8 Å². The second-order valence-electron chi connectivity index (χ2n) is 5.51. The zero-order chi connectivity index (χ0) is 19.5. The van der Waals surface area contributed by atoms with Gasteiger partial charge in [-0.3, -0.25) is 19.2 Å². The number of hydrogen-bond donors (Lipinski definition) is 1.